The predicted molar refractivity (Wildman–Crippen MR) is 123 cm³/mol. The molecule has 3 aromatic heterocycles. The molecule has 0 saturated heterocycles. The van der Waals surface area contributed by atoms with Crippen molar-refractivity contribution in [2.75, 3.05) is 0 Å². The Labute approximate surface area is 176 Å². The van der Waals surface area contributed by atoms with Gasteiger partial charge in [0.15, 0.2) is 0 Å². The van der Waals surface area contributed by atoms with Gasteiger partial charge in [-0.2, -0.15) is 0 Å². The van der Waals surface area contributed by atoms with Crippen LogP contribution in [0.4, 0.5) is 0 Å². The van der Waals surface area contributed by atoms with E-state index >= 15 is 0 Å². The van der Waals surface area contributed by atoms with Gasteiger partial charge in [0.25, 0.3) is 0 Å². The van der Waals surface area contributed by atoms with E-state index in [0.29, 0.717) is 0 Å². The lowest BCUT2D eigenvalue weighted by Crippen LogP contribution is -2.10. The summed E-state index contributed by atoms with van der Waals surface area (Å²) in [5, 5.41) is 1.31. The van der Waals surface area contributed by atoms with E-state index in [2.05, 4.69) is 64.1 Å². The highest BCUT2D eigenvalue weighted by atomic mass is 32.1. The zero-order valence-electron chi connectivity index (χ0n) is 17.6. The summed E-state index contributed by atoms with van der Waals surface area (Å²) in [5.74, 6) is 1.69. The van der Waals surface area contributed by atoms with Gasteiger partial charge in [-0.3, -0.25) is 0 Å². The molecule has 29 heavy (non-hydrogen) atoms. The van der Waals surface area contributed by atoms with Gasteiger partial charge in [0.05, 0.1) is 12.0 Å². The number of nitrogens with zero attached hydrogens (tertiary/aromatic N) is 1. The second-order valence-electron chi connectivity index (χ2n) is 9.39. The fourth-order valence-corrected chi connectivity index (χ4v) is 5.77. The summed E-state index contributed by atoms with van der Waals surface area (Å²) in [4.78, 5) is 7.77. The molecule has 2 nitrogen and oxygen atoms in total. The van der Waals surface area contributed by atoms with Gasteiger partial charge in [-0.05, 0) is 59.9 Å². The monoisotopic (exact) mass is 401 g/mol. The van der Waals surface area contributed by atoms with E-state index in [1.165, 1.54) is 39.8 Å². The lowest BCUT2D eigenvalue weighted by molar-refractivity contribution is 0.509. The summed E-state index contributed by atoms with van der Waals surface area (Å²) >= 11 is 1.88. The summed E-state index contributed by atoms with van der Waals surface area (Å²) in [6.45, 7) is 9.10. The van der Waals surface area contributed by atoms with Crippen molar-refractivity contribution in [2.45, 2.75) is 52.4 Å². The largest absolute Gasteiger partial charge is 0.464 e. The van der Waals surface area contributed by atoms with Gasteiger partial charge in [0.1, 0.15) is 10.6 Å². The number of aryl methyl sites for hydroxylation is 1. The SMILES string of the molecule is CC1CCc2c(sc3nc(-c4ccc(C(C)(C)C)cc4)cc(-c4ccco4)c23)C1. The Bertz CT molecular complexity index is 1160. The van der Waals surface area contributed by atoms with Gasteiger partial charge < -0.3 is 4.42 Å². The molecular weight excluding hydrogens is 374 g/mol. The summed E-state index contributed by atoms with van der Waals surface area (Å²) < 4.78 is 5.84. The van der Waals surface area contributed by atoms with Crippen molar-refractivity contribution in [2.24, 2.45) is 5.92 Å². The predicted octanol–water partition coefficient (Wildman–Crippen LogP) is 7.65. The highest BCUT2D eigenvalue weighted by Crippen LogP contribution is 2.43. The van der Waals surface area contributed by atoms with Crippen LogP contribution in [-0.2, 0) is 18.3 Å². The third kappa shape index (κ3) is 3.32. The minimum Gasteiger partial charge on any atom is -0.464 e. The normalized spacial score (nSPS) is 16.9. The van der Waals surface area contributed by atoms with E-state index in [-0.39, 0.29) is 5.41 Å². The molecule has 0 saturated carbocycles. The van der Waals surface area contributed by atoms with Crippen LogP contribution in [0.5, 0.6) is 0 Å². The summed E-state index contributed by atoms with van der Waals surface area (Å²) in [6, 6.07) is 15.1. The van der Waals surface area contributed by atoms with Crippen LogP contribution < -0.4 is 0 Å². The summed E-state index contributed by atoms with van der Waals surface area (Å²) in [7, 11) is 0. The molecule has 3 heteroatoms. The van der Waals surface area contributed by atoms with E-state index in [1.54, 1.807) is 6.26 Å². The molecule has 0 bridgehead atoms. The summed E-state index contributed by atoms with van der Waals surface area (Å²) in [5.41, 5.74) is 6.36. The Balaban J connectivity index is 1.70. The van der Waals surface area contributed by atoms with Crippen LogP contribution in [0.1, 0.15) is 50.1 Å². The average molecular weight is 402 g/mol. The molecule has 3 heterocycles. The minimum atomic E-state index is 0.152. The number of fused-ring (bicyclic) bond motifs is 3. The van der Waals surface area contributed by atoms with E-state index in [1.807, 2.05) is 17.4 Å². The number of furan rings is 1. The van der Waals surface area contributed by atoms with Crippen molar-refractivity contribution in [3.8, 4) is 22.6 Å². The third-order valence-corrected chi connectivity index (χ3v) is 7.25. The molecule has 148 valence electrons. The molecule has 0 radical (unpaired) electrons. The Hall–Kier alpha value is -2.39. The van der Waals surface area contributed by atoms with E-state index < -0.39 is 0 Å². The molecular formula is C26H27NOS. The van der Waals surface area contributed by atoms with Crippen LogP contribution in [0.2, 0.25) is 0 Å². The maximum Gasteiger partial charge on any atom is 0.134 e. The van der Waals surface area contributed by atoms with Crippen LogP contribution in [0, 0.1) is 5.92 Å². The topological polar surface area (TPSA) is 26.0 Å². The molecule has 1 atom stereocenters. The van der Waals surface area contributed by atoms with Gasteiger partial charge in [-0.25, -0.2) is 4.98 Å². The van der Waals surface area contributed by atoms with E-state index in [4.69, 9.17) is 9.40 Å². The quantitative estimate of drug-likeness (QED) is 0.345. The fraction of sp³-hybridized carbons (Fsp3) is 0.346. The van der Waals surface area contributed by atoms with Gasteiger partial charge in [0, 0.05) is 21.4 Å². The van der Waals surface area contributed by atoms with Gasteiger partial charge in [-0.15, -0.1) is 11.3 Å². The van der Waals surface area contributed by atoms with Crippen molar-refractivity contribution in [1.29, 1.82) is 0 Å². The first-order valence-electron chi connectivity index (χ1n) is 10.5. The molecule has 1 aliphatic rings. The van der Waals surface area contributed by atoms with Crippen molar-refractivity contribution in [1.82, 2.24) is 4.98 Å². The Morgan fingerprint density at radius 1 is 1.10 bits per heavy atom. The first-order valence-corrected chi connectivity index (χ1v) is 11.3. The Morgan fingerprint density at radius 3 is 2.59 bits per heavy atom. The number of aromatic nitrogens is 1. The van der Waals surface area contributed by atoms with E-state index in [0.717, 1.165) is 34.2 Å². The molecule has 0 spiro atoms. The molecule has 4 aromatic rings. The number of pyridine rings is 1. The van der Waals surface area contributed by atoms with Crippen LogP contribution >= 0.6 is 11.3 Å². The first kappa shape index (κ1) is 18.6. The van der Waals surface area contributed by atoms with Crippen molar-refractivity contribution in [3.63, 3.8) is 0 Å². The molecule has 0 aliphatic heterocycles. The van der Waals surface area contributed by atoms with Crippen LogP contribution in [0.3, 0.4) is 0 Å². The number of rotatable bonds is 2. The highest BCUT2D eigenvalue weighted by Gasteiger charge is 2.24. The van der Waals surface area contributed by atoms with Crippen molar-refractivity contribution in [3.05, 3.63) is 64.7 Å². The lowest BCUT2D eigenvalue weighted by Gasteiger charge is -2.19. The molecule has 1 unspecified atom stereocenters. The number of benzene rings is 1. The molecule has 0 N–H and O–H groups in total. The maximum atomic E-state index is 5.84. The van der Waals surface area contributed by atoms with Crippen LogP contribution in [0.15, 0.2) is 53.1 Å². The Morgan fingerprint density at radius 2 is 1.90 bits per heavy atom. The smallest absolute Gasteiger partial charge is 0.134 e. The minimum absolute atomic E-state index is 0.152. The third-order valence-electron chi connectivity index (χ3n) is 6.10. The lowest BCUT2D eigenvalue weighted by atomic mass is 9.86. The molecule has 5 rings (SSSR count). The zero-order valence-corrected chi connectivity index (χ0v) is 18.4. The molecule has 0 amide bonds. The molecule has 0 fully saturated rings. The second kappa shape index (κ2) is 6.84. The molecule has 1 aromatic carbocycles. The van der Waals surface area contributed by atoms with Gasteiger partial charge >= 0.3 is 0 Å². The average Bonchev–Trinajstić information content (AvgIpc) is 3.34. The number of hydrogen-bond acceptors (Lipinski definition) is 3. The second-order valence-corrected chi connectivity index (χ2v) is 10.5. The number of hydrogen-bond donors (Lipinski definition) is 0. The van der Waals surface area contributed by atoms with Crippen molar-refractivity contribution < 1.29 is 4.42 Å². The Kier molecular flexibility index (Phi) is 4.40. The molecule has 1 aliphatic carbocycles. The first-order chi connectivity index (χ1) is 13.9. The van der Waals surface area contributed by atoms with Crippen LogP contribution in [-0.4, -0.2) is 4.98 Å². The zero-order chi connectivity index (χ0) is 20.2. The fourth-order valence-electron chi connectivity index (χ4n) is 4.36. The van der Waals surface area contributed by atoms with Crippen molar-refractivity contribution >= 4 is 21.6 Å². The van der Waals surface area contributed by atoms with E-state index in [9.17, 15) is 0 Å². The van der Waals surface area contributed by atoms with Gasteiger partial charge in [-0.1, -0.05) is 52.0 Å². The van der Waals surface area contributed by atoms with Gasteiger partial charge in [0.2, 0.25) is 0 Å². The number of thiophene rings is 1. The maximum absolute atomic E-state index is 5.84. The standard InChI is InChI=1S/C26H27NOS/c1-16-7-12-19-23(14-16)29-25-24(19)20(22-6-5-13-28-22)15-21(27-25)17-8-10-18(11-9-17)26(2,3)4/h5-6,8-11,13,15-16H,7,12,14H2,1-4H3. The summed E-state index contributed by atoms with van der Waals surface area (Å²) in [6.07, 6.45) is 5.34. The highest BCUT2D eigenvalue weighted by molar-refractivity contribution is 7.19. The van der Waals surface area contributed by atoms with Crippen LogP contribution in [0.25, 0.3) is 32.8 Å².